The maximum atomic E-state index is 12.6. The Labute approximate surface area is 157 Å². The highest BCUT2D eigenvalue weighted by Gasteiger charge is 2.25. The number of nitrogens with one attached hydrogen (secondary N) is 2. The van der Waals surface area contributed by atoms with Gasteiger partial charge < -0.3 is 5.32 Å². The lowest BCUT2D eigenvalue weighted by Gasteiger charge is -2.21. The van der Waals surface area contributed by atoms with Crippen LogP contribution in [0.25, 0.3) is 0 Å². The van der Waals surface area contributed by atoms with E-state index >= 15 is 0 Å². The highest BCUT2D eigenvalue weighted by molar-refractivity contribution is 7.91. The highest BCUT2D eigenvalue weighted by Crippen LogP contribution is 2.28. The summed E-state index contributed by atoms with van der Waals surface area (Å²) in [6.45, 7) is 3.27. The van der Waals surface area contributed by atoms with Crippen LogP contribution in [0.4, 0.5) is 5.13 Å². The van der Waals surface area contributed by atoms with Gasteiger partial charge in [-0.1, -0.05) is 36.5 Å². The van der Waals surface area contributed by atoms with Gasteiger partial charge in [-0.2, -0.15) is 0 Å². The summed E-state index contributed by atoms with van der Waals surface area (Å²) in [7, 11) is -3.81. The molecule has 0 unspecified atom stereocenters. The molecule has 1 aromatic carbocycles. The first kappa shape index (κ1) is 18.9. The summed E-state index contributed by atoms with van der Waals surface area (Å²) >= 11 is 0.834. The first-order valence-corrected chi connectivity index (χ1v) is 10.9. The van der Waals surface area contributed by atoms with Gasteiger partial charge in [0.25, 0.3) is 10.0 Å². The summed E-state index contributed by atoms with van der Waals surface area (Å²) in [5.74, 6) is -0.321. The molecule has 0 saturated carbocycles. The Hall–Kier alpha value is -1.84. The maximum absolute atomic E-state index is 12.6. The predicted octanol–water partition coefficient (Wildman–Crippen LogP) is 2.80. The highest BCUT2D eigenvalue weighted by atomic mass is 32.2. The quantitative estimate of drug-likeness (QED) is 0.734. The van der Waals surface area contributed by atoms with Crippen molar-refractivity contribution in [2.45, 2.75) is 56.3 Å². The summed E-state index contributed by atoms with van der Waals surface area (Å²) in [6.07, 6.45) is 5.15. The maximum Gasteiger partial charge on any atom is 0.270 e. The predicted molar refractivity (Wildman–Crippen MR) is 101 cm³/mol. The molecule has 1 aliphatic carbocycles. The van der Waals surface area contributed by atoms with Gasteiger partial charge in [0.1, 0.15) is 0 Å². The summed E-state index contributed by atoms with van der Waals surface area (Å²) < 4.78 is 27.9. The average molecular weight is 395 g/mol. The van der Waals surface area contributed by atoms with Gasteiger partial charge >= 0.3 is 0 Å². The first-order chi connectivity index (χ1) is 12.4. The smallest absolute Gasteiger partial charge is 0.270 e. The molecule has 1 amide bonds. The van der Waals surface area contributed by atoms with Crippen molar-refractivity contribution in [2.24, 2.45) is 0 Å². The summed E-state index contributed by atoms with van der Waals surface area (Å²) in [4.78, 5) is 11.1. The largest absolute Gasteiger partial charge is 0.301 e. The van der Waals surface area contributed by atoms with Crippen molar-refractivity contribution in [1.29, 1.82) is 0 Å². The van der Waals surface area contributed by atoms with Crippen molar-refractivity contribution < 1.29 is 13.2 Å². The molecule has 3 rings (SSSR count). The molecule has 26 heavy (non-hydrogen) atoms. The van der Waals surface area contributed by atoms with E-state index in [1.165, 1.54) is 30.9 Å². The minimum absolute atomic E-state index is 0.155. The molecule has 1 aromatic heterocycles. The van der Waals surface area contributed by atoms with Gasteiger partial charge in [0.2, 0.25) is 15.4 Å². The molecule has 9 heteroatoms. The lowest BCUT2D eigenvalue weighted by atomic mass is 9.89. The first-order valence-electron chi connectivity index (χ1n) is 8.64. The molecule has 0 bridgehead atoms. The summed E-state index contributed by atoms with van der Waals surface area (Å²) in [5, 5.41) is 10.0. The van der Waals surface area contributed by atoms with E-state index in [9.17, 15) is 13.2 Å². The van der Waals surface area contributed by atoms with Crippen molar-refractivity contribution in [3.8, 4) is 0 Å². The molecule has 1 atom stereocenters. The van der Waals surface area contributed by atoms with Crippen LogP contribution in [0.5, 0.6) is 0 Å². The minimum Gasteiger partial charge on any atom is -0.301 e. The normalized spacial score (nSPS) is 15.3. The van der Waals surface area contributed by atoms with Crippen LogP contribution in [0.15, 0.2) is 22.5 Å². The van der Waals surface area contributed by atoms with E-state index in [2.05, 4.69) is 32.4 Å². The van der Waals surface area contributed by atoms with Crippen LogP contribution in [0.1, 0.15) is 55.8 Å². The van der Waals surface area contributed by atoms with Gasteiger partial charge in [-0.05, 0) is 48.8 Å². The van der Waals surface area contributed by atoms with E-state index in [1.807, 2.05) is 13.0 Å². The molecule has 2 aromatic rings. The Balaban J connectivity index is 1.80. The number of benzene rings is 1. The standard InChI is InChI=1S/C17H22N4O3S2/c1-3-15(14-9-8-12-6-4-5-7-13(12)10-14)21-26(23,24)17-20-19-16(25-17)18-11(2)22/h8-10,15,21H,3-7H2,1-2H3,(H,18,19,22)/t15-/m1/s1. The number of nitrogens with zero attached hydrogens (tertiary/aromatic N) is 2. The number of hydrogen-bond donors (Lipinski definition) is 2. The second-order valence-electron chi connectivity index (χ2n) is 6.37. The second kappa shape index (κ2) is 7.81. The topological polar surface area (TPSA) is 101 Å². The van der Waals surface area contributed by atoms with Gasteiger partial charge in [0.15, 0.2) is 0 Å². The van der Waals surface area contributed by atoms with E-state index < -0.39 is 10.0 Å². The fraction of sp³-hybridized carbons (Fsp3) is 0.471. The third-order valence-corrected chi connectivity index (χ3v) is 7.08. The molecule has 1 aliphatic rings. The third kappa shape index (κ3) is 4.28. The molecule has 0 saturated heterocycles. The molecular formula is C17H22N4O3S2. The lowest BCUT2D eigenvalue weighted by Crippen LogP contribution is -2.28. The number of carbonyl (C=O) groups is 1. The molecule has 7 nitrogen and oxygen atoms in total. The molecule has 1 heterocycles. The van der Waals surface area contributed by atoms with Crippen LogP contribution in [0, 0.1) is 0 Å². The van der Waals surface area contributed by atoms with Crippen LogP contribution in [0.3, 0.4) is 0 Å². The molecular weight excluding hydrogens is 372 g/mol. The number of fused-ring (bicyclic) bond motifs is 1. The third-order valence-electron chi connectivity index (χ3n) is 4.40. The zero-order valence-corrected chi connectivity index (χ0v) is 16.4. The molecule has 0 aliphatic heterocycles. The molecule has 140 valence electrons. The van der Waals surface area contributed by atoms with Gasteiger partial charge in [-0.15, -0.1) is 10.2 Å². The van der Waals surface area contributed by atoms with Crippen molar-refractivity contribution >= 4 is 32.4 Å². The minimum atomic E-state index is -3.81. The van der Waals surface area contributed by atoms with E-state index in [-0.39, 0.29) is 21.4 Å². The van der Waals surface area contributed by atoms with E-state index in [4.69, 9.17) is 0 Å². The number of aromatic nitrogens is 2. The monoisotopic (exact) mass is 394 g/mol. The average Bonchev–Trinajstić information content (AvgIpc) is 3.08. The SMILES string of the molecule is CC[C@@H](NS(=O)(=O)c1nnc(NC(C)=O)s1)c1ccc2c(c1)CCCC2. The number of anilines is 1. The Morgan fingerprint density at radius 2 is 1.96 bits per heavy atom. The van der Waals surface area contributed by atoms with Gasteiger partial charge in [0, 0.05) is 13.0 Å². The van der Waals surface area contributed by atoms with Crippen molar-refractivity contribution in [1.82, 2.24) is 14.9 Å². The van der Waals surface area contributed by atoms with Crippen LogP contribution >= 0.6 is 11.3 Å². The van der Waals surface area contributed by atoms with E-state index in [0.29, 0.717) is 6.42 Å². The number of carbonyl (C=O) groups excluding carboxylic acids is 1. The van der Waals surface area contributed by atoms with Gasteiger partial charge in [0.05, 0.1) is 0 Å². The summed E-state index contributed by atoms with van der Waals surface area (Å²) in [5.41, 5.74) is 3.64. The van der Waals surface area contributed by atoms with Crippen molar-refractivity contribution in [3.05, 3.63) is 34.9 Å². The van der Waals surface area contributed by atoms with Crippen molar-refractivity contribution in [2.75, 3.05) is 5.32 Å². The van der Waals surface area contributed by atoms with Crippen LogP contribution in [-0.2, 0) is 27.7 Å². The number of aryl methyl sites for hydroxylation is 2. The Morgan fingerprint density at radius 3 is 2.65 bits per heavy atom. The number of rotatable bonds is 6. The Bertz CT molecular complexity index is 908. The van der Waals surface area contributed by atoms with Crippen molar-refractivity contribution in [3.63, 3.8) is 0 Å². The molecule has 0 spiro atoms. The zero-order chi connectivity index (χ0) is 18.7. The Morgan fingerprint density at radius 1 is 1.23 bits per heavy atom. The second-order valence-corrected chi connectivity index (χ2v) is 9.24. The summed E-state index contributed by atoms with van der Waals surface area (Å²) in [6, 6.07) is 5.90. The Kier molecular flexibility index (Phi) is 5.69. The van der Waals surface area contributed by atoms with E-state index in [1.54, 1.807) is 0 Å². The lowest BCUT2D eigenvalue weighted by molar-refractivity contribution is -0.114. The van der Waals surface area contributed by atoms with Gasteiger partial charge in [-0.25, -0.2) is 13.1 Å². The van der Waals surface area contributed by atoms with Crippen LogP contribution in [0.2, 0.25) is 0 Å². The fourth-order valence-corrected chi connectivity index (χ4v) is 5.38. The zero-order valence-electron chi connectivity index (χ0n) is 14.8. The van der Waals surface area contributed by atoms with Crippen LogP contribution in [-0.4, -0.2) is 24.5 Å². The molecule has 0 fully saturated rings. The number of hydrogen-bond acceptors (Lipinski definition) is 6. The number of amides is 1. The van der Waals surface area contributed by atoms with Crippen LogP contribution < -0.4 is 10.0 Å². The fourth-order valence-electron chi connectivity index (χ4n) is 3.11. The van der Waals surface area contributed by atoms with Gasteiger partial charge in [-0.3, -0.25) is 4.79 Å². The van der Waals surface area contributed by atoms with E-state index in [0.717, 1.165) is 29.7 Å². The molecule has 0 radical (unpaired) electrons. The number of sulfonamides is 1. The molecule has 2 N–H and O–H groups in total.